The van der Waals surface area contributed by atoms with Gasteiger partial charge in [-0.25, -0.2) is 0 Å². The number of likely N-dealkylation sites (tertiary alicyclic amines) is 1. The minimum absolute atomic E-state index is 0.111. The average Bonchev–Trinajstić information content (AvgIpc) is 2.85. The number of hydrogen-bond donors (Lipinski definition) is 0. The molecule has 0 bridgehead atoms. The van der Waals surface area contributed by atoms with Crippen molar-refractivity contribution in [3.63, 3.8) is 0 Å². The van der Waals surface area contributed by atoms with E-state index in [0.717, 1.165) is 44.8 Å². The minimum Gasteiger partial charge on any atom is -0.493 e. The third kappa shape index (κ3) is 2.46. The van der Waals surface area contributed by atoms with Crippen molar-refractivity contribution >= 4 is 0 Å². The largest absolute Gasteiger partial charge is 0.493 e. The Balaban J connectivity index is 1.61. The first-order valence-electron chi connectivity index (χ1n) is 7.05. The number of fused-ring (bicyclic) bond motifs is 1. The van der Waals surface area contributed by atoms with Gasteiger partial charge in [0.25, 0.3) is 0 Å². The standard InChI is InChI=1S/C16H20N2O/c1-16(12-17)6-8-18(9-7-16)10-13-11-19-15-5-3-2-4-14(13)15/h2-5,13H,6-11H2,1H3. The predicted molar refractivity (Wildman–Crippen MR) is 74.1 cm³/mol. The van der Waals surface area contributed by atoms with Gasteiger partial charge in [-0.15, -0.1) is 0 Å². The van der Waals surface area contributed by atoms with Crippen molar-refractivity contribution in [1.82, 2.24) is 4.90 Å². The van der Waals surface area contributed by atoms with Gasteiger partial charge in [-0.2, -0.15) is 5.26 Å². The highest BCUT2D eigenvalue weighted by Crippen LogP contribution is 2.36. The fourth-order valence-corrected chi connectivity index (χ4v) is 3.03. The zero-order chi connectivity index (χ0) is 13.3. The third-order valence-corrected chi connectivity index (χ3v) is 4.51. The van der Waals surface area contributed by atoms with Gasteiger partial charge >= 0.3 is 0 Å². The Kier molecular flexibility index (Phi) is 3.20. The summed E-state index contributed by atoms with van der Waals surface area (Å²) in [5.74, 6) is 1.54. The number of para-hydroxylation sites is 1. The SMILES string of the molecule is CC1(C#N)CCN(CC2COc3ccccc32)CC1. The lowest BCUT2D eigenvalue weighted by Gasteiger charge is -2.35. The second-order valence-corrected chi connectivity index (χ2v) is 6.02. The van der Waals surface area contributed by atoms with Crippen LogP contribution >= 0.6 is 0 Å². The van der Waals surface area contributed by atoms with Crippen LogP contribution in [0.3, 0.4) is 0 Å². The molecule has 2 aliphatic heterocycles. The van der Waals surface area contributed by atoms with Crippen LogP contribution in [0.5, 0.6) is 5.75 Å². The van der Waals surface area contributed by atoms with E-state index >= 15 is 0 Å². The number of rotatable bonds is 2. The van der Waals surface area contributed by atoms with Gasteiger partial charge in [0.2, 0.25) is 0 Å². The van der Waals surface area contributed by atoms with Gasteiger partial charge in [0.15, 0.2) is 0 Å². The molecule has 1 aromatic carbocycles. The first-order valence-corrected chi connectivity index (χ1v) is 7.05. The molecule has 1 fully saturated rings. The van der Waals surface area contributed by atoms with Gasteiger partial charge in [0.1, 0.15) is 5.75 Å². The normalized spacial score (nSPS) is 25.4. The molecule has 0 radical (unpaired) electrons. The maximum absolute atomic E-state index is 9.16. The van der Waals surface area contributed by atoms with Crippen LogP contribution in [0.1, 0.15) is 31.2 Å². The summed E-state index contributed by atoms with van der Waals surface area (Å²) < 4.78 is 5.74. The van der Waals surface area contributed by atoms with Crippen LogP contribution in [-0.2, 0) is 0 Å². The number of nitriles is 1. The Bertz CT molecular complexity index is 498. The molecule has 0 amide bonds. The molecular formula is C16H20N2O. The zero-order valence-electron chi connectivity index (χ0n) is 11.4. The van der Waals surface area contributed by atoms with E-state index in [4.69, 9.17) is 10.00 Å². The first-order chi connectivity index (χ1) is 9.20. The molecule has 0 aromatic heterocycles. The molecule has 100 valence electrons. The van der Waals surface area contributed by atoms with Gasteiger partial charge < -0.3 is 9.64 Å². The van der Waals surface area contributed by atoms with Crippen LogP contribution in [0, 0.1) is 16.7 Å². The second-order valence-electron chi connectivity index (χ2n) is 6.02. The molecule has 0 spiro atoms. The van der Waals surface area contributed by atoms with E-state index in [1.54, 1.807) is 0 Å². The molecule has 3 heteroatoms. The van der Waals surface area contributed by atoms with Gasteiger partial charge in [0.05, 0.1) is 18.1 Å². The lowest BCUT2D eigenvalue weighted by Crippen LogP contribution is -2.40. The molecular weight excluding hydrogens is 236 g/mol. The summed E-state index contributed by atoms with van der Waals surface area (Å²) in [6, 6.07) is 10.8. The Hall–Kier alpha value is -1.53. The van der Waals surface area contributed by atoms with Crippen molar-refractivity contribution in [1.29, 1.82) is 5.26 Å². The van der Waals surface area contributed by atoms with Gasteiger partial charge in [-0.1, -0.05) is 18.2 Å². The van der Waals surface area contributed by atoms with Crippen LogP contribution in [0.2, 0.25) is 0 Å². The van der Waals surface area contributed by atoms with E-state index in [9.17, 15) is 0 Å². The summed E-state index contributed by atoms with van der Waals surface area (Å²) in [6.45, 7) is 5.99. The maximum atomic E-state index is 9.16. The summed E-state index contributed by atoms with van der Waals surface area (Å²) >= 11 is 0. The van der Waals surface area contributed by atoms with Gasteiger partial charge in [-0.05, 0) is 38.9 Å². The molecule has 19 heavy (non-hydrogen) atoms. The molecule has 1 saturated heterocycles. The molecule has 3 rings (SSSR count). The Labute approximate surface area is 114 Å². The molecule has 0 N–H and O–H groups in total. The molecule has 0 saturated carbocycles. The number of benzene rings is 1. The average molecular weight is 256 g/mol. The topological polar surface area (TPSA) is 36.3 Å². The molecule has 2 heterocycles. The number of hydrogen-bond acceptors (Lipinski definition) is 3. The predicted octanol–water partition coefficient (Wildman–Crippen LogP) is 2.79. The van der Waals surface area contributed by atoms with E-state index in [2.05, 4.69) is 36.1 Å². The zero-order valence-corrected chi connectivity index (χ0v) is 11.4. The van der Waals surface area contributed by atoms with Crippen molar-refractivity contribution in [2.75, 3.05) is 26.2 Å². The van der Waals surface area contributed by atoms with Crippen molar-refractivity contribution in [3.05, 3.63) is 29.8 Å². The summed E-state index contributed by atoms with van der Waals surface area (Å²) in [5.41, 5.74) is 1.23. The number of ether oxygens (including phenoxy) is 1. The Morgan fingerprint density at radius 2 is 2.11 bits per heavy atom. The summed E-state index contributed by atoms with van der Waals surface area (Å²) in [5, 5.41) is 9.16. The van der Waals surface area contributed by atoms with E-state index < -0.39 is 0 Å². The molecule has 0 aliphatic carbocycles. The first kappa shape index (κ1) is 12.5. The summed E-state index contributed by atoms with van der Waals surface area (Å²) in [4.78, 5) is 2.48. The Morgan fingerprint density at radius 1 is 1.37 bits per heavy atom. The van der Waals surface area contributed by atoms with Crippen LogP contribution in [0.25, 0.3) is 0 Å². The van der Waals surface area contributed by atoms with Crippen molar-refractivity contribution in [3.8, 4) is 11.8 Å². The van der Waals surface area contributed by atoms with Gasteiger partial charge in [0, 0.05) is 18.0 Å². The second kappa shape index (κ2) is 4.86. The highest BCUT2D eigenvalue weighted by Gasteiger charge is 2.32. The van der Waals surface area contributed by atoms with Crippen LogP contribution in [0.4, 0.5) is 0 Å². The van der Waals surface area contributed by atoms with Crippen molar-refractivity contribution < 1.29 is 4.74 Å². The van der Waals surface area contributed by atoms with Crippen molar-refractivity contribution in [2.45, 2.75) is 25.7 Å². The van der Waals surface area contributed by atoms with Crippen LogP contribution in [-0.4, -0.2) is 31.1 Å². The number of nitrogens with zero attached hydrogens (tertiary/aromatic N) is 2. The summed E-state index contributed by atoms with van der Waals surface area (Å²) in [7, 11) is 0. The van der Waals surface area contributed by atoms with E-state index in [0.29, 0.717) is 5.92 Å². The molecule has 1 aromatic rings. The molecule has 1 unspecified atom stereocenters. The summed E-state index contributed by atoms with van der Waals surface area (Å²) in [6.07, 6.45) is 1.97. The lowest BCUT2D eigenvalue weighted by atomic mass is 9.82. The molecule has 1 atom stereocenters. The highest BCUT2D eigenvalue weighted by atomic mass is 16.5. The van der Waals surface area contributed by atoms with E-state index in [-0.39, 0.29) is 5.41 Å². The van der Waals surface area contributed by atoms with Crippen molar-refractivity contribution in [2.24, 2.45) is 5.41 Å². The Morgan fingerprint density at radius 3 is 2.84 bits per heavy atom. The highest BCUT2D eigenvalue weighted by molar-refractivity contribution is 5.39. The minimum atomic E-state index is -0.111. The smallest absolute Gasteiger partial charge is 0.122 e. The molecule has 2 aliphatic rings. The molecule has 3 nitrogen and oxygen atoms in total. The monoisotopic (exact) mass is 256 g/mol. The lowest BCUT2D eigenvalue weighted by molar-refractivity contribution is 0.144. The maximum Gasteiger partial charge on any atom is 0.122 e. The van der Waals surface area contributed by atoms with E-state index in [1.807, 2.05) is 6.07 Å². The van der Waals surface area contributed by atoms with Crippen LogP contribution in [0.15, 0.2) is 24.3 Å². The fourth-order valence-electron chi connectivity index (χ4n) is 3.03. The number of piperidine rings is 1. The van der Waals surface area contributed by atoms with Crippen LogP contribution < -0.4 is 4.74 Å². The van der Waals surface area contributed by atoms with E-state index in [1.165, 1.54) is 5.56 Å². The quantitative estimate of drug-likeness (QED) is 0.816. The fraction of sp³-hybridized carbons (Fsp3) is 0.562. The third-order valence-electron chi connectivity index (χ3n) is 4.51. The van der Waals surface area contributed by atoms with Gasteiger partial charge in [-0.3, -0.25) is 0 Å².